The molecular weight excluding hydrogens is 190 g/mol. The lowest BCUT2D eigenvalue weighted by Crippen LogP contribution is -2.43. The Balaban J connectivity index is 2.36. The van der Waals surface area contributed by atoms with Crippen LogP contribution in [0.15, 0.2) is 0 Å². The minimum absolute atomic E-state index is 0.545. The van der Waals surface area contributed by atoms with E-state index >= 15 is 0 Å². The number of nitrogens with one attached hydrogen (secondary N) is 1. The van der Waals surface area contributed by atoms with Crippen molar-refractivity contribution in [3.8, 4) is 0 Å². The molecule has 1 aliphatic carbocycles. The van der Waals surface area contributed by atoms with Crippen LogP contribution in [-0.4, -0.2) is 23.7 Å². The first kappa shape index (κ1) is 12.5. The maximum absolute atomic E-state index is 11.1. The molecule has 3 nitrogen and oxygen atoms in total. The van der Waals surface area contributed by atoms with Crippen molar-refractivity contribution in [1.29, 1.82) is 0 Å². The van der Waals surface area contributed by atoms with Gasteiger partial charge in [-0.05, 0) is 26.2 Å². The first-order valence-corrected chi connectivity index (χ1v) is 6.05. The predicted molar refractivity (Wildman–Crippen MR) is 60.9 cm³/mol. The summed E-state index contributed by atoms with van der Waals surface area (Å²) in [7, 11) is 0. The topological polar surface area (TPSA) is 49.3 Å². The van der Waals surface area contributed by atoms with E-state index in [1.807, 2.05) is 13.8 Å². The van der Waals surface area contributed by atoms with Gasteiger partial charge >= 0.3 is 5.97 Å². The molecule has 1 atom stereocenters. The van der Waals surface area contributed by atoms with Crippen LogP contribution in [0.1, 0.15) is 52.4 Å². The van der Waals surface area contributed by atoms with Crippen LogP contribution in [-0.2, 0) is 4.79 Å². The molecule has 0 aromatic rings. The van der Waals surface area contributed by atoms with E-state index < -0.39 is 11.4 Å². The fraction of sp³-hybridized carbons (Fsp3) is 0.917. The molecule has 0 bridgehead atoms. The van der Waals surface area contributed by atoms with Gasteiger partial charge in [0.05, 0.1) is 5.41 Å². The van der Waals surface area contributed by atoms with E-state index in [0.29, 0.717) is 19.0 Å². The van der Waals surface area contributed by atoms with E-state index in [9.17, 15) is 4.79 Å². The van der Waals surface area contributed by atoms with Crippen molar-refractivity contribution in [1.82, 2.24) is 5.32 Å². The first-order valence-electron chi connectivity index (χ1n) is 6.05. The van der Waals surface area contributed by atoms with Crippen molar-refractivity contribution in [3.05, 3.63) is 0 Å². The fourth-order valence-corrected chi connectivity index (χ4v) is 2.03. The molecule has 1 rings (SSSR count). The molecule has 88 valence electrons. The molecule has 3 heteroatoms. The second-order valence-corrected chi connectivity index (χ2v) is 4.94. The molecule has 1 unspecified atom stereocenters. The molecular formula is C12H23NO2. The van der Waals surface area contributed by atoms with Crippen molar-refractivity contribution < 1.29 is 9.90 Å². The van der Waals surface area contributed by atoms with Crippen molar-refractivity contribution in [3.63, 3.8) is 0 Å². The van der Waals surface area contributed by atoms with Crippen molar-refractivity contribution in [2.75, 3.05) is 6.54 Å². The van der Waals surface area contributed by atoms with Crippen molar-refractivity contribution in [2.45, 2.75) is 58.4 Å². The Hall–Kier alpha value is -0.570. The molecule has 0 aromatic carbocycles. The monoisotopic (exact) mass is 213 g/mol. The molecule has 0 aliphatic heterocycles. The molecule has 0 radical (unpaired) electrons. The van der Waals surface area contributed by atoms with Gasteiger partial charge < -0.3 is 10.4 Å². The van der Waals surface area contributed by atoms with Crippen molar-refractivity contribution in [2.24, 2.45) is 5.41 Å². The van der Waals surface area contributed by atoms with E-state index in [4.69, 9.17) is 5.11 Å². The van der Waals surface area contributed by atoms with E-state index in [-0.39, 0.29) is 0 Å². The van der Waals surface area contributed by atoms with Crippen LogP contribution in [0.4, 0.5) is 0 Å². The molecule has 0 saturated heterocycles. The van der Waals surface area contributed by atoms with Crippen molar-refractivity contribution >= 4 is 5.97 Å². The number of hydrogen-bond acceptors (Lipinski definition) is 2. The summed E-state index contributed by atoms with van der Waals surface area (Å²) in [5.41, 5.74) is -0.600. The summed E-state index contributed by atoms with van der Waals surface area (Å²) in [4.78, 5) is 11.1. The maximum Gasteiger partial charge on any atom is 0.310 e. The van der Waals surface area contributed by atoms with E-state index in [0.717, 1.165) is 0 Å². The first-order chi connectivity index (χ1) is 7.08. The normalized spacial score (nSPS) is 22.3. The second-order valence-electron chi connectivity index (χ2n) is 4.94. The van der Waals surface area contributed by atoms with Crippen LogP contribution in [0.5, 0.6) is 0 Å². The molecule has 0 amide bonds. The van der Waals surface area contributed by atoms with E-state index in [1.165, 1.54) is 32.1 Å². The van der Waals surface area contributed by atoms with Gasteiger partial charge in [0.25, 0.3) is 0 Å². The van der Waals surface area contributed by atoms with Gasteiger partial charge in [-0.25, -0.2) is 0 Å². The van der Waals surface area contributed by atoms with Gasteiger partial charge in [-0.2, -0.15) is 0 Å². The van der Waals surface area contributed by atoms with E-state index in [1.54, 1.807) is 0 Å². The van der Waals surface area contributed by atoms with Crippen LogP contribution in [0.2, 0.25) is 0 Å². The highest BCUT2D eigenvalue weighted by Crippen LogP contribution is 2.22. The third-order valence-electron chi connectivity index (χ3n) is 3.68. The summed E-state index contributed by atoms with van der Waals surface area (Å²) in [6.45, 7) is 4.37. The number of rotatable bonds is 5. The Kier molecular flexibility index (Phi) is 4.58. The number of aliphatic carboxylic acids is 1. The lowest BCUT2D eigenvalue weighted by molar-refractivity contribution is -0.147. The summed E-state index contributed by atoms with van der Waals surface area (Å²) in [5, 5.41) is 12.5. The van der Waals surface area contributed by atoms with Gasteiger partial charge in [0.15, 0.2) is 0 Å². The zero-order chi connectivity index (χ0) is 11.3. The lowest BCUT2D eigenvalue weighted by atomic mass is 9.86. The molecule has 2 N–H and O–H groups in total. The molecule has 1 saturated carbocycles. The summed E-state index contributed by atoms with van der Waals surface area (Å²) in [5.74, 6) is -0.687. The Morgan fingerprint density at radius 3 is 2.47 bits per heavy atom. The summed E-state index contributed by atoms with van der Waals surface area (Å²) >= 11 is 0. The minimum atomic E-state index is -0.687. The predicted octanol–water partition coefficient (Wildman–Crippen LogP) is 2.41. The van der Waals surface area contributed by atoms with Gasteiger partial charge in [-0.15, -0.1) is 0 Å². The minimum Gasteiger partial charge on any atom is -0.481 e. The highest BCUT2D eigenvalue weighted by atomic mass is 16.4. The zero-order valence-electron chi connectivity index (χ0n) is 9.88. The highest BCUT2D eigenvalue weighted by Gasteiger charge is 2.31. The molecule has 0 heterocycles. The Morgan fingerprint density at radius 1 is 1.40 bits per heavy atom. The Morgan fingerprint density at radius 2 is 2.00 bits per heavy atom. The van der Waals surface area contributed by atoms with Gasteiger partial charge in [0.1, 0.15) is 0 Å². The van der Waals surface area contributed by atoms with Gasteiger partial charge in [0, 0.05) is 12.6 Å². The van der Waals surface area contributed by atoms with Crippen LogP contribution in [0, 0.1) is 5.41 Å². The van der Waals surface area contributed by atoms with Crippen LogP contribution in [0.3, 0.4) is 0 Å². The SMILES string of the molecule is CCC(C)(CNC1CCCCC1)C(=O)O. The lowest BCUT2D eigenvalue weighted by Gasteiger charge is -2.29. The molecule has 1 fully saturated rings. The van der Waals surface area contributed by atoms with Gasteiger partial charge in [0.2, 0.25) is 0 Å². The average Bonchev–Trinajstić information content (AvgIpc) is 2.27. The van der Waals surface area contributed by atoms with Crippen LogP contribution < -0.4 is 5.32 Å². The fourth-order valence-electron chi connectivity index (χ4n) is 2.03. The largest absolute Gasteiger partial charge is 0.481 e. The summed E-state index contributed by atoms with van der Waals surface area (Å²) in [6.07, 6.45) is 7.00. The second kappa shape index (κ2) is 5.50. The van der Waals surface area contributed by atoms with Gasteiger partial charge in [-0.1, -0.05) is 26.2 Å². The third kappa shape index (κ3) is 3.49. The molecule has 1 aliphatic rings. The standard InChI is InChI=1S/C12H23NO2/c1-3-12(2,11(14)15)9-13-10-7-5-4-6-8-10/h10,13H,3-9H2,1-2H3,(H,14,15). The highest BCUT2D eigenvalue weighted by molar-refractivity contribution is 5.74. The molecule has 0 spiro atoms. The van der Waals surface area contributed by atoms with Crippen LogP contribution >= 0.6 is 0 Å². The Bertz CT molecular complexity index is 212. The molecule has 0 aromatic heterocycles. The summed E-state index contributed by atoms with van der Waals surface area (Å²) < 4.78 is 0. The number of carboxylic acid groups (broad SMARTS) is 1. The quantitative estimate of drug-likeness (QED) is 0.737. The maximum atomic E-state index is 11.1. The number of carboxylic acids is 1. The Labute approximate surface area is 92.3 Å². The smallest absolute Gasteiger partial charge is 0.310 e. The van der Waals surface area contributed by atoms with Gasteiger partial charge in [-0.3, -0.25) is 4.79 Å². The zero-order valence-corrected chi connectivity index (χ0v) is 9.88. The van der Waals surface area contributed by atoms with E-state index in [2.05, 4.69) is 5.32 Å². The summed E-state index contributed by atoms with van der Waals surface area (Å²) in [6, 6.07) is 0.545. The number of carbonyl (C=O) groups is 1. The van der Waals surface area contributed by atoms with Crippen LogP contribution in [0.25, 0.3) is 0 Å². The average molecular weight is 213 g/mol. The number of hydrogen-bond donors (Lipinski definition) is 2. The molecule has 15 heavy (non-hydrogen) atoms. The third-order valence-corrected chi connectivity index (χ3v) is 3.68.